The number of carbonyl (C=O) groups is 2. The van der Waals surface area contributed by atoms with Gasteiger partial charge in [0.25, 0.3) is 0 Å². The van der Waals surface area contributed by atoms with E-state index < -0.39 is 30.4 Å². The fourth-order valence-electron chi connectivity index (χ4n) is 6.15. The molecule has 0 aliphatic heterocycles. The molecule has 2 aromatic carbocycles. The van der Waals surface area contributed by atoms with E-state index in [0.717, 1.165) is 32.1 Å². The standard InChI is InChI=1S/C32H37F3N4O4/c1-42-24-16-14-22(15-17-24)29(31(41)36-23-9-3-4-10-23)38(19-21-8-7-11-25(18-21)43-2)28(40)20-39-27-13-6-5-12-26(27)30(37-39)32(33,34)35/h7-8,11,14-18,23,29H,3-6,9-10,12-13,19-20H2,1-2H3,(H,36,41)/t29-/m0/s1. The van der Waals surface area contributed by atoms with Gasteiger partial charge in [0.2, 0.25) is 11.8 Å². The Kier molecular flexibility index (Phi) is 9.27. The normalized spacial score (nSPS) is 15.9. The number of hydrogen-bond acceptors (Lipinski definition) is 5. The largest absolute Gasteiger partial charge is 0.497 e. The highest BCUT2D eigenvalue weighted by molar-refractivity contribution is 5.89. The molecule has 2 amide bonds. The van der Waals surface area contributed by atoms with E-state index in [1.165, 1.54) is 23.8 Å². The van der Waals surface area contributed by atoms with Gasteiger partial charge < -0.3 is 19.7 Å². The van der Waals surface area contributed by atoms with Crippen molar-refractivity contribution in [3.05, 3.63) is 76.6 Å². The Bertz CT molecular complexity index is 1430. The fourth-order valence-corrected chi connectivity index (χ4v) is 6.15. The maximum absolute atomic E-state index is 14.2. The van der Waals surface area contributed by atoms with Crippen LogP contribution in [0, 0.1) is 0 Å². The maximum atomic E-state index is 14.2. The number of hydrogen-bond donors (Lipinski definition) is 1. The van der Waals surface area contributed by atoms with E-state index in [9.17, 15) is 22.8 Å². The van der Waals surface area contributed by atoms with Crippen molar-refractivity contribution in [2.24, 2.45) is 0 Å². The third kappa shape index (κ3) is 6.97. The van der Waals surface area contributed by atoms with Gasteiger partial charge in [-0.1, -0.05) is 37.1 Å². The number of alkyl halides is 3. The van der Waals surface area contributed by atoms with Crippen molar-refractivity contribution in [1.82, 2.24) is 20.0 Å². The molecule has 1 saturated carbocycles. The minimum Gasteiger partial charge on any atom is -0.497 e. The molecule has 0 spiro atoms. The molecule has 8 nitrogen and oxygen atoms in total. The second-order valence-corrected chi connectivity index (χ2v) is 11.2. The van der Waals surface area contributed by atoms with Gasteiger partial charge >= 0.3 is 6.18 Å². The molecule has 1 fully saturated rings. The summed E-state index contributed by atoms with van der Waals surface area (Å²) in [4.78, 5) is 29.7. The van der Waals surface area contributed by atoms with E-state index in [4.69, 9.17) is 9.47 Å². The zero-order valence-corrected chi connectivity index (χ0v) is 24.5. The Morgan fingerprint density at radius 2 is 1.70 bits per heavy atom. The summed E-state index contributed by atoms with van der Waals surface area (Å²) in [5.41, 5.74) is 0.936. The van der Waals surface area contributed by atoms with Gasteiger partial charge in [0.05, 0.1) is 14.2 Å². The number of fused-ring (bicyclic) bond motifs is 1. The Labute approximate surface area is 249 Å². The molecule has 0 bridgehead atoms. The predicted molar refractivity (Wildman–Crippen MR) is 154 cm³/mol. The zero-order valence-electron chi connectivity index (χ0n) is 24.5. The molecule has 43 heavy (non-hydrogen) atoms. The second kappa shape index (κ2) is 13.1. The minimum atomic E-state index is -4.62. The first-order valence-electron chi connectivity index (χ1n) is 14.7. The minimum absolute atomic E-state index is 0.00509. The number of aromatic nitrogens is 2. The van der Waals surface area contributed by atoms with E-state index in [1.807, 2.05) is 6.07 Å². The number of ether oxygens (including phenoxy) is 2. The molecule has 0 saturated heterocycles. The molecule has 3 aromatic rings. The Hall–Kier alpha value is -4.02. The molecule has 1 N–H and O–H groups in total. The number of nitrogens with one attached hydrogen (secondary N) is 1. The summed E-state index contributed by atoms with van der Waals surface area (Å²) in [7, 11) is 3.08. The Morgan fingerprint density at radius 1 is 1.00 bits per heavy atom. The molecule has 2 aliphatic rings. The third-order valence-electron chi connectivity index (χ3n) is 8.31. The second-order valence-electron chi connectivity index (χ2n) is 11.2. The van der Waals surface area contributed by atoms with Crippen molar-refractivity contribution in [1.29, 1.82) is 0 Å². The average Bonchev–Trinajstić information content (AvgIpc) is 3.65. The summed E-state index contributed by atoms with van der Waals surface area (Å²) < 4.78 is 53.6. The van der Waals surface area contributed by atoms with Crippen LogP contribution < -0.4 is 14.8 Å². The lowest BCUT2D eigenvalue weighted by atomic mass is 9.95. The van der Waals surface area contributed by atoms with Crippen LogP contribution in [-0.2, 0) is 41.7 Å². The molecule has 2 aliphatic carbocycles. The monoisotopic (exact) mass is 598 g/mol. The molecule has 1 heterocycles. The maximum Gasteiger partial charge on any atom is 0.435 e. The number of benzene rings is 2. The molecule has 230 valence electrons. The Balaban J connectivity index is 1.55. The van der Waals surface area contributed by atoms with Crippen LogP contribution in [0.5, 0.6) is 11.5 Å². The smallest absolute Gasteiger partial charge is 0.435 e. The summed E-state index contributed by atoms with van der Waals surface area (Å²) in [6.45, 7) is -0.397. The summed E-state index contributed by atoms with van der Waals surface area (Å²) in [6.07, 6.45) is 1.13. The SMILES string of the molecule is COc1ccc([C@@H](C(=O)NC2CCCC2)N(Cc2cccc(OC)c2)C(=O)Cn2nc(C(F)(F)F)c3c2CCCC3)cc1. The zero-order chi connectivity index (χ0) is 30.6. The first-order valence-corrected chi connectivity index (χ1v) is 14.7. The molecule has 5 rings (SSSR count). The van der Waals surface area contributed by atoms with Gasteiger partial charge in [-0.25, -0.2) is 0 Å². The molecule has 11 heteroatoms. The quantitative estimate of drug-likeness (QED) is 0.327. The van der Waals surface area contributed by atoms with Crippen molar-refractivity contribution >= 4 is 11.8 Å². The van der Waals surface area contributed by atoms with Gasteiger partial charge in [-0.2, -0.15) is 18.3 Å². The van der Waals surface area contributed by atoms with Crippen LogP contribution in [0.3, 0.4) is 0 Å². The highest BCUT2D eigenvalue weighted by atomic mass is 19.4. The lowest BCUT2D eigenvalue weighted by Crippen LogP contribution is -2.46. The summed E-state index contributed by atoms with van der Waals surface area (Å²) in [5.74, 6) is 0.311. The lowest BCUT2D eigenvalue weighted by molar-refractivity contribution is -0.144. The number of halogens is 3. The molecule has 1 atom stereocenters. The molecule has 0 unspecified atom stereocenters. The lowest BCUT2D eigenvalue weighted by Gasteiger charge is -2.33. The van der Waals surface area contributed by atoms with E-state index in [0.29, 0.717) is 41.2 Å². The van der Waals surface area contributed by atoms with Crippen molar-refractivity contribution in [3.8, 4) is 11.5 Å². The predicted octanol–water partition coefficient (Wildman–Crippen LogP) is 5.63. The van der Waals surface area contributed by atoms with Crippen LogP contribution in [0.25, 0.3) is 0 Å². The van der Waals surface area contributed by atoms with Crippen molar-refractivity contribution in [2.75, 3.05) is 14.2 Å². The molecular formula is C32H37F3N4O4. The van der Waals surface area contributed by atoms with Crippen molar-refractivity contribution < 1.29 is 32.2 Å². The molecule has 0 radical (unpaired) electrons. The fraction of sp³-hybridized carbons (Fsp3) is 0.469. The van der Waals surface area contributed by atoms with E-state index in [1.54, 1.807) is 42.5 Å². The summed E-state index contributed by atoms with van der Waals surface area (Å²) in [5, 5.41) is 7.04. The number of rotatable bonds is 10. The van der Waals surface area contributed by atoms with Gasteiger partial charge in [-0.3, -0.25) is 14.3 Å². The van der Waals surface area contributed by atoms with Crippen LogP contribution in [0.1, 0.15) is 72.6 Å². The van der Waals surface area contributed by atoms with E-state index in [-0.39, 0.29) is 30.5 Å². The van der Waals surface area contributed by atoms with E-state index >= 15 is 0 Å². The van der Waals surface area contributed by atoms with Gasteiger partial charge in [-0.15, -0.1) is 0 Å². The van der Waals surface area contributed by atoms with Crippen LogP contribution in [0.2, 0.25) is 0 Å². The molecular weight excluding hydrogens is 561 g/mol. The van der Waals surface area contributed by atoms with Crippen LogP contribution in [0.4, 0.5) is 13.2 Å². The van der Waals surface area contributed by atoms with Crippen molar-refractivity contribution in [3.63, 3.8) is 0 Å². The summed E-state index contributed by atoms with van der Waals surface area (Å²) in [6, 6.07) is 13.0. The summed E-state index contributed by atoms with van der Waals surface area (Å²) >= 11 is 0. The first-order chi connectivity index (χ1) is 20.7. The van der Waals surface area contributed by atoms with Gasteiger partial charge in [0.15, 0.2) is 5.69 Å². The number of carbonyl (C=O) groups excluding carboxylic acids is 2. The van der Waals surface area contributed by atoms with Crippen LogP contribution >= 0.6 is 0 Å². The van der Waals surface area contributed by atoms with Crippen molar-refractivity contribution in [2.45, 2.75) is 82.7 Å². The number of methoxy groups -OCH3 is 2. The van der Waals surface area contributed by atoms with Crippen LogP contribution in [-0.4, -0.2) is 46.8 Å². The first kappa shape index (κ1) is 30.4. The van der Waals surface area contributed by atoms with Gasteiger partial charge in [0, 0.05) is 23.8 Å². The number of amides is 2. The highest BCUT2D eigenvalue weighted by Gasteiger charge is 2.40. The highest BCUT2D eigenvalue weighted by Crippen LogP contribution is 2.36. The Morgan fingerprint density at radius 3 is 2.37 bits per heavy atom. The number of nitrogens with zero attached hydrogens (tertiary/aromatic N) is 3. The van der Waals surface area contributed by atoms with E-state index in [2.05, 4.69) is 10.4 Å². The third-order valence-corrected chi connectivity index (χ3v) is 8.31. The topological polar surface area (TPSA) is 85.7 Å². The van der Waals surface area contributed by atoms with Gasteiger partial charge in [-0.05, 0) is 73.9 Å². The average molecular weight is 599 g/mol. The van der Waals surface area contributed by atoms with Crippen LogP contribution in [0.15, 0.2) is 48.5 Å². The molecule has 1 aromatic heterocycles. The van der Waals surface area contributed by atoms with Gasteiger partial charge in [0.1, 0.15) is 24.1 Å².